The van der Waals surface area contributed by atoms with Crippen molar-refractivity contribution in [2.24, 2.45) is 0 Å². The number of hydrogen-bond acceptors (Lipinski definition) is 3. The van der Waals surface area contributed by atoms with Crippen LogP contribution in [0.15, 0.2) is 108 Å². The number of hydrogen-bond donors (Lipinski definition) is 1. The predicted molar refractivity (Wildman–Crippen MR) is 145 cm³/mol. The van der Waals surface area contributed by atoms with Gasteiger partial charge in [-0.3, -0.25) is 9.10 Å². The summed E-state index contributed by atoms with van der Waals surface area (Å²) >= 11 is 5.98. The highest BCUT2D eigenvalue weighted by Gasteiger charge is 2.29. The first-order chi connectivity index (χ1) is 17.3. The molecule has 1 amide bonds. The van der Waals surface area contributed by atoms with E-state index in [4.69, 9.17) is 11.6 Å². The zero-order valence-electron chi connectivity index (χ0n) is 20.1. The topological polar surface area (TPSA) is 66.5 Å². The summed E-state index contributed by atoms with van der Waals surface area (Å²) in [6.07, 6.45) is 0. The monoisotopic (exact) mass is 518 g/mol. The third kappa shape index (κ3) is 5.78. The Bertz CT molecular complexity index is 1440. The van der Waals surface area contributed by atoms with Crippen LogP contribution in [0.2, 0.25) is 5.02 Å². The van der Waals surface area contributed by atoms with E-state index >= 15 is 0 Å². The Kier molecular flexibility index (Phi) is 7.77. The minimum absolute atomic E-state index is 0.0566. The lowest BCUT2D eigenvalue weighted by molar-refractivity contribution is -0.120. The number of nitrogens with zero attached hydrogens (tertiary/aromatic N) is 1. The first-order valence-corrected chi connectivity index (χ1v) is 13.3. The fraction of sp³-hybridized carbons (Fsp3) is 0.138. The molecule has 1 atom stereocenters. The van der Waals surface area contributed by atoms with Crippen LogP contribution in [0, 0.1) is 13.8 Å². The number of amides is 1. The van der Waals surface area contributed by atoms with Crippen molar-refractivity contribution in [3.05, 3.63) is 130 Å². The maximum Gasteiger partial charge on any atom is 0.264 e. The zero-order chi connectivity index (χ0) is 25.7. The summed E-state index contributed by atoms with van der Waals surface area (Å²) in [5, 5.41) is 3.48. The largest absolute Gasteiger partial charge is 0.344 e. The molecule has 0 fully saturated rings. The second-order valence-electron chi connectivity index (χ2n) is 8.57. The second kappa shape index (κ2) is 11.0. The second-order valence-corrected chi connectivity index (χ2v) is 10.9. The molecule has 7 heteroatoms. The first kappa shape index (κ1) is 25.5. The summed E-state index contributed by atoms with van der Waals surface area (Å²) in [4.78, 5) is 13.5. The van der Waals surface area contributed by atoms with Crippen LogP contribution in [-0.4, -0.2) is 20.9 Å². The van der Waals surface area contributed by atoms with Crippen LogP contribution in [0.3, 0.4) is 0 Å². The van der Waals surface area contributed by atoms with E-state index in [1.165, 1.54) is 24.3 Å². The van der Waals surface area contributed by atoms with Crippen LogP contribution >= 0.6 is 11.6 Å². The molecule has 4 aromatic rings. The number of rotatable bonds is 8. The van der Waals surface area contributed by atoms with Gasteiger partial charge in [0.1, 0.15) is 6.54 Å². The number of anilines is 1. The maximum absolute atomic E-state index is 13.7. The summed E-state index contributed by atoms with van der Waals surface area (Å²) in [5.74, 6) is -0.426. The normalized spacial score (nSPS) is 12.1. The molecule has 184 valence electrons. The van der Waals surface area contributed by atoms with Gasteiger partial charge >= 0.3 is 0 Å². The Labute approximate surface area is 217 Å². The molecule has 0 saturated carbocycles. The van der Waals surface area contributed by atoms with Crippen molar-refractivity contribution in [3.63, 3.8) is 0 Å². The van der Waals surface area contributed by atoms with E-state index < -0.39 is 22.0 Å². The van der Waals surface area contributed by atoms with Crippen molar-refractivity contribution >= 4 is 33.2 Å². The first-order valence-electron chi connectivity index (χ1n) is 11.5. The molecular formula is C29H27ClN2O3S. The van der Waals surface area contributed by atoms with Crippen molar-refractivity contribution < 1.29 is 13.2 Å². The fourth-order valence-corrected chi connectivity index (χ4v) is 5.59. The molecule has 0 aliphatic heterocycles. The van der Waals surface area contributed by atoms with Gasteiger partial charge in [-0.2, -0.15) is 0 Å². The van der Waals surface area contributed by atoms with Crippen LogP contribution in [0.5, 0.6) is 0 Å². The van der Waals surface area contributed by atoms with E-state index in [2.05, 4.69) is 5.32 Å². The van der Waals surface area contributed by atoms with Crippen LogP contribution in [0.4, 0.5) is 5.69 Å². The predicted octanol–water partition coefficient (Wildman–Crippen LogP) is 6.06. The van der Waals surface area contributed by atoms with E-state index in [0.29, 0.717) is 10.7 Å². The molecule has 0 spiro atoms. The molecule has 0 unspecified atom stereocenters. The van der Waals surface area contributed by atoms with Crippen molar-refractivity contribution in [1.82, 2.24) is 5.32 Å². The van der Waals surface area contributed by atoms with Gasteiger partial charge in [-0.1, -0.05) is 90.0 Å². The Balaban J connectivity index is 1.69. The third-order valence-electron chi connectivity index (χ3n) is 5.92. The Morgan fingerprint density at radius 1 is 0.806 bits per heavy atom. The van der Waals surface area contributed by atoms with Crippen molar-refractivity contribution in [1.29, 1.82) is 0 Å². The van der Waals surface area contributed by atoms with Crippen LogP contribution in [0.25, 0.3) is 0 Å². The highest BCUT2D eigenvalue weighted by molar-refractivity contribution is 7.92. The zero-order valence-corrected chi connectivity index (χ0v) is 21.6. The van der Waals surface area contributed by atoms with E-state index in [9.17, 15) is 13.2 Å². The number of halogens is 1. The molecule has 4 aromatic carbocycles. The average Bonchev–Trinajstić information content (AvgIpc) is 2.88. The van der Waals surface area contributed by atoms with Gasteiger partial charge in [0.25, 0.3) is 10.0 Å². The third-order valence-corrected chi connectivity index (χ3v) is 7.95. The quantitative estimate of drug-likeness (QED) is 0.308. The van der Waals surface area contributed by atoms with Crippen molar-refractivity contribution in [2.75, 3.05) is 10.8 Å². The lowest BCUT2D eigenvalue weighted by Crippen LogP contribution is -2.42. The van der Waals surface area contributed by atoms with Crippen molar-refractivity contribution in [2.45, 2.75) is 24.8 Å². The molecule has 4 rings (SSSR count). The lowest BCUT2D eigenvalue weighted by Gasteiger charge is -2.27. The molecule has 0 aromatic heterocycles. The molecule has 0 bridgehead atoms. The summed E-state index contributed by atoms with van der Waals surface area (Å²) < 4.78 is 28.5. The number of carbonyl (C=O) groups is 1. The van der Waals surface area contributed by atoms with E-state index in [1.807, 2.05) is 80.6 Å². The highest BCUT2D eigenvalue weighted by atomic mass is 35.5. The highest BCUT2D eigenvalue weighted by Crippen LogP contribution is 2.28. The standard InChI is InChI=1S/C29H27ClN2O3S/c1-21-12-14-24(15-13-21)29(23-9-4-3-5-10-23)31-28(33)20-32(27-11-7-6-8-22(27)2)36(34,35)26-18-16-25(30)17-19-26/h3-19,29H,20H2,1-2H3,(H,31,33)/t29-/m0/s1. The van der Waals surface area contributed by atoms with Crippen LogP contribution in [-0.2, 0) is 14.8 Å². The summed E-state index contributed by atoms with van der Waals surface area (Å²) in [7, 11) is -4.05. The number of sulfonamides is 1. The van der Waals surface area contributed by atoms with Gasteiger partial charge in [0, 0.05) is 5.02 Å². The summed E-state index contributed by atoms with van der Waals surface area (Å²) in [5.41, 5.74) is 4.09. The average molecular weight is 519 g/mol. The summed E-state index contributed by atoms with van der Waals surface area (Å²) in [6, 6.07) is 30.1. The molecule has 0 aliphatic rings. The van der Waals surface area contributed by atoms with E-state index in [1.54, 1.807) is 12.1 Å². The SMILES string of the molecule is Cc1ccc([C@@H](NC(=O)CN(c2ccccc2C)S(=O)(=O)c2ccc(Cl)cc2)c2ccccc2)cc1. The number of benzene rings is 4. The summed E-state index contributed by atoms with van der Waals surface area (Å²) in [6.45, 7) is 3.43. The maximum atomic E-state index is 13.7. The van der Waals surface area contributed by atoms with Crippen LogP contribution in [0.1, 0.15) is 28.3 Å². The Hall–Kier alpha value is -3.61. The Morgan fingerprint density at radius 3 is 2.03 bits per heavy atom. The van der Waals surface area contributed by atoms with Gasteiger partial charge in [0.05, 0.1) is 16.6 Å². The smallest absolute Gasteiger partial charge is 0.264 e. The van der Waals surface area contributed by atoms with Crippen LogP contribution < -0.4 is 9.62 Å². The van der Waals surface area contributed by atoms with Gasteiger partial charge < -0.3 is 5.32 Å². The molecule has 0 saturated heterocycles. The minimum atomic E-state index is -4.05. The molecule has 0 radical (unpaired) electrons. The lowest BCUT2D eigenvalue weighted by atomic mass is 9.98. The molecule has 36 heavy (non-hydrogen) atoms. The van der Waals surface area contributed by atoms with E-state index in [-0.39, 0.29) is 11.4 Å². The molecule has 5 nitrogen and oxygen atoms in total. The Morgan fingerprint density at radius 2 is 1.39 bits per heavy atom. The minimum Gasteiger partial charge on any atom is -0.344 e. The van der Waals surface area contributed by atoms with Gasteiger partial charge in [-0.25, -0.2) is 8.42 Å². The fourth-order valence-electron chi connectivity index (χ4n) is 3.98. The molecule has 0 aliphatic carbocycles. The molecular weight excluding hydrogens is 492 g/mol. The number of aryl methyl sites for hydroxylation is 2. The van der Waals surface area contributed by atoms with E-state index in [0.717, 1.165) is 26.6 Å². The van der Waals surface area contributed by atoms with Crippen molar-refractivity contribution in [3.8, 4) is 0 Å². The van der Waals surface area contributed by atoms with Gasteiger partial charge in [0.15, 0.2) is 0 Å². The number of para-hydroxylation sites is 1. The van der Waals surface area contributed by atoms with Gasteiger partial charge in [0.2, 0.25) is 5.91 Å². The molecule has 1 N–H and O–H groups in total. The molecule has 0 heterocycles. The van der Waals surface area contributed by atoms with Gasteiger partial charge in [-0.05, 0) is 60.9 Å². The number of carbonyl (C=O) groups excluding carboxylic acids is 1. The number of nitrogens with one attached hydrogen (secondary N) is 1. The van der Waals surface area contributed by atoms with Gasteiger partial charge in [-0.15, -0.1) is 0 Å².